The molecule has 0 bridgehead atoms. The maximum atomic E-state index is 11.7. The topological polar surface area (TPSA) is 90.6 Å². The molecule has 1 aromatic heterocycles. The van der Waals surface area contributed by atoms with Crippen LogP contribution in [0.15, 0.2) is 5.38 Å². The van der Waals surface area contributed by atoms with Crippen LogP contribution >= 0.6 is 11.3 Å². The predicted molar refractivity (Wildman–Crippen MR) is 83.5 cm³/mol. The third-order valence-electron chi connectivity index (χ3n) is 2.56. The number of amides is 1. The van der Waals surface area contributed by atoms with Crippen LogP contribution in [0.4, 0.5) is 16.2 Å². The Hall–Kier alpha value is -1.76. The number of carbonyl (C=O) groups excluding carboxylic acids is 2. The summed E-state index contributed by atoms with van der Waals surface area (Å²) in [4.78, 5) is 23.7. The zero-order valence-electron chi connectivity index (χ0n) is 12.8. The number of methoxy groups -OCH3 is 1. The zero-order valence-corrected chi connectivity index (χ0v) is 13.6. The van der Waals surface area contributed by atoms with Gasteiger partial charge < -0.3 is 15.2 Å². The lowest BCUT2D eigenvalue weighted by Gasteiger charge is -2.19. The Balaban J connectivity index is 2.55. The van der Waals surface area contributed by atoms with Crippen molar-refractivity contribution < 1.29 is 19.1 Å². The number of carbonyl (C=O) groups is 2. The molecule has 118 valence electrons. The van der Waals surface area contributed by atoms with Gasteiger partial charge in [-0.25, -0.2) is 4.79 Å². The summed E-state index contributed by atoms with van der Waals surface area (Å²) in [6.07, 6.45) is 1.14. The van der Waals surface area contributed by atoms with E-state index >= 15 is 0 Å². The van der Waals surface area contributed by atoms with Crippen LogP contribution in [0.1, 0.15) is 38.5 Å². The van der Waals surface area contributed by atoms with Crippen molar-refractivity contribution in [2.45, 2.75) is 45.6 Å². The number of nitrogen functional groups attached to an aromatic ring is 1. The molecular formula is C14H22N2O4S. The molecule has 0 aromatic carbocycles. The number of anilines is 2. The Bertz CT molecular complexity index is 506. The van der Waals surface area contributed by atoms with Gasteiger partial charge in [0, 0.05) is 16.7 Å². The molecule has 1 heterocycles. The number of nitrogens with one attached hydrogen (secondary N) is 1. The lowest BCUT2D eigenvalue weighted by atomic mass is 10.2. The van der Waals surface area contributed by atoms with Gasteiger partial charge in [0.15, 0.2) is 0 Å². The van der Waals surface area contributed by atoms with E-state index in [1.165, 1.54) is 18.4 Å². The van der Waals surface area contributed by atoms with Crippen LogP contribution in [0.25, 0.3) is 0 Å². The van der Waals surface area contributed by atoms with Crippen molar-refractivity contribution in [2.24, 2.45) is 0 Å². The number of aryl methyl sites for hydroxylation is 1. The average molecular weight is 314 g/mol. The Kier molecular flexibility index (Phi) is 6.02. The molecule has 0 spiro atoms. The highest BCUT2D eigenvalue weighted by Crippen LogP contribution is 2.31. The molecule has 0 unspecified atom stereocenters. The maximum Gasteiger partial charge on any atom is 0.412 e. The first-order chi connectivity index (χ1) is 9.73. The van der Waals surface area contributed by atoms with Crippen molar-refractivity contribution in [1.82, 2.24) is 0 Å². The first-order valence-electron chi connectivity index (χ1n) is 6.65. The zero-order chi connectivity index (χ0) is 16.0. The third kappa shape index (κ3) is 6.03. The van der Waals surface area contributed by atoms with Gasteiger partial charge in [0.25, 0.3) is 0 Å². The van der Waals surface area contributed by atoms with Gasteiger partial charge in [-0.3, -0.25) is 10.1 Å². The molecule has 0 radical (unpaired) electrons. The second-order valence-electron chi connectivity index (χ2n) is 5.54. The van der Waals surface area contributed by atoms with Crippen molar-refractivity contribution in [2.75, 3.05) is 18.2 Å². The number of rotatable bonds is 5. The van der Waals surface area contributed by atoms with E-state index in [0.29, 0.717) is 30.6 Å². The quantitative estimate of drug-likeness (QED) is 0.815. The average Bonchev–Trinajstić information content (AvgIpc) is 2.69. The minimum absolute atomic E-state index is 0.239. The van der Waals surface area contributed by atoms with Gasteiger partial charge in [0.05, 0.1) is 18.5 Å². The molecule has 0 saturated carbocycles. The summed E-state index contributed by atoms with van der Waals surface area (Å²) in [6.45, 7) is 5.38. The summed E-state index contributed by atoms with van der Waals surface area (Å²) in [5.74, 6) is -0.239. The maximum absolute atomic E-state index is 11.7. The molecule has 0 atom stereocenters. The van der Waals surface area contributed by atoms with Crippen LogP contribution in [0.5, 0.6) is 0 Å². The highest BCUT2D eigenvalue weighted by molar-refractivity contribution is 7.11. The van der Waals surface area contributed by atoms with Crippen LogP contribution in [0, 0.1) is 0 Å². The van der Waals surface area contributed by atoms with Crippen LogP contribution in [-0.4, -0.2) is 24.8 Å². The van der Waals surface area contributed by atoms with Crippen LogP contribution in [-0.2, 0) is 20.7 Å². The Morgan fingerprint density at radius 1 is 1.38 bits per heavy atom. The SMILES string of the molecule is COC(=O)CCCc1scc(NC(=O)OC(C)(C)C)c1N. The van der Waals surface area contributed by atoms with Crippen molar-refractivity contribution in [1.29, 1.82) is 0 Å². The van der Waals surface area contributed by atoms with Gasteiger partial charge in [-0.2, -0.15) is 0 Å². The number of nitrogens with two attached hydrogens (primary N) is 1. The van der Waals surface area contributed by atoms with E-state index in [1.54, 1.807) is 26.2 Å². The molecule has 7 heteroatoms. The summed E-state index contributed by atoms with van der Waals surface area (Å²) in [7, 11) is 1.37. The normalized spacial score (nSPS) is 11.0. The van der Waals surface area contributed by atoms with Crippen molar-refractivity contribution >= 4 is 34.8 Å². The molecule has 3 N–H and O–H groups in total. The second kappa shape index (κ2) is 7.31. The lowest BCUT2D eigenvalue weighted by Crippen LogP contribution is -2.27. The van der Waals surface area contributed by atoms with E-state index in [0.717, 1.165) is 4.88 Å². The number of hydrogen-bond acceptors (Lipinski definition) is 6. The van der Waals surface area contributed by atoms with Crippen molar-refractivity contribution in [3.05, 3.63) is 10.3 Å². The minimum Gasteiger partial charge on any atom is -0.469 e. The molecule has 0 saturated heterocycles. The Morgan fingerprint density at radius 3 is 2.62 bits per heavy atom. The highest BCUT2D eigenvalue weighted by atomic mass is 32.1. The fourth-order valence-corrected chi connectivity index (χ4v) is 2.55. The van der Waals surface area contributed by atoms with Crippen LogP contribution < -0.4 is 11.1 Å². The monoisotopic (exact) mass is 314 g/mol. The molecule has 1 amide bonds. The smallest absolute Gasteiger partial charge is 0.412 e. The molecule has 6 nitrogen and oxygen atoms in total. The standard InChI is InChI=1S/C14H22N2O4S/c1-14(2,3)20-13(18)16-9-8-21-10(12(9)15)6-5-7-11(17)19-4/h8H,5-7,15H2,1-4H3,(H,16,18). The Morgan fingerprint density at radius 2 is 2.05 bits per heavy atom. The lowest BCUT2D eigenvalue weighted by molar-refractivity contribution is -0.140. The van der Waals surface area contributed by atoms with Gasteiger partial charge in [0.2, 0.25) is 0 Å². The van der Waals surface area contributed by atoms with Gasteiger partial charge in [0.1, 0.15) is 5.60 Å². The van der Waals surface area contributed by atoms with Gasteiger partial charge in [-0.05, 0) is 33.6 Å². The molecule has 1 aromatic rings. The van der Waals surface area contributed by atoms with E-state index in [1.807, 2.05) is 0 Å². The van der Waals surface area contributed by atoms with Crippen LogP contribution in [0.2, 0.25) is 0 Å². The Labute approximate surface area is 128 Å². The van der Waals surface area contributed by atoms with Crippen molar-refractivity contribution in [3.8, 4) is 0 Å². The largest absolute Gasteiger partial charge is 0.469 e. The van der Waals surface area contributed by atoms with E-state index in [4.69, 9.17) is 10.5 Å². The molecular weight excluding hydrogens is 292 g/mol. The molecule has 21 heavy (non-hydrogen) atoms. The number of thiophene rings is 1. The van der Waals surface area contributed by atoms with E-state index < -0.39 is 11.7 Å². The predicted octanol–water partition coefficient (Wildman–Crippen LogP) is 3.17. The number of hydrogen-bond donors (Lipinski definition) is 2. The fourth-order valence-electron chi connectivity index (χ4n) is 1.61. The van der Waals surface area contributed by atoms with Crippen LogP contribution in [0.3, 0.4) is 0 Å². The number of esters is 1. The van der Waals surface area contributed by atoms with Crippen molar-refractivity contribution in [3.63, 3.8) is 0 Å². The molecule has 0 aliphatic carbocycles. The summed E-state index contributed by atoms with van der Waals surface area (Å²) in [5, 5.41) is 4.40. The second-order valence-corrected chi connectivity index (χ2v) is 6.51. The third-order valence-corrected chi connectivity index (χ3v) is 3.62. The summed E-state index contributed by atoms with van der Waals surface area (Å²) < 4.78 is 9.75. The minimum atomic E-state index is -0.557. The highest BCUT2D eigenvalue weighted by Gasteiger charge is 2.18. The van der Waals surface area contributed by atoms with E-state index in [2.05, 4.69) is 10.1 Å². The first-order valence-corrected chi connectivity index (χ1v) is 7.53. The molecule has 0 fully saturated rings. The van der Waals surface area contributed by atoms with Gasteiger partial charge >= 0.3 is 12.1 Å². The molecule has 1 rings (SSSR count). The molecule has 0 aliphatic heterocycles. The van der Waals surface area contributed by atoms with E-state index in [-0.39, 0.29) is 5.97 Å². The molecule has 0 aliphatic rings. The van der Waals surface area contributed by atoms with Gasteiger partial charge in [-0.15, -0.1) is 11.3 Å². The first kappa shape index (κ1) is 17.3. The van der Waals surface area contributed by atoms with Gasteiger partial charge in [-0.1, -0.05) is 0 Å². The van der Waals surface area contributed by atoms with E-state index in [9.17, 15) is 9.59 Å². The summed E-state index contributed by atoms with van der Waals surface area (Å²) in [5.41, 5.74) is 6.50. The number of ether oxygens (including phenoxy) is 2. The fraction of sp³-hybridized carbons (Fsp3) is 0.571. The summed E-state index contributed by atoms with van der Waals surface area (Å²) in [6, 6.07) is 0. The summed E-state index contributed by atoms with van der Waals surface area (Å²) >= 11 is 1.45.